The van der Waals surface area contributed by atoms with E-state index in [9.17, 15) is 9.59 Å². The highest BCUT2D eigenvalue weighted by Gasteiger charge is 2.11. The summed E-state index contributed by atoms with van der Waals surface area (Å²) in [6.07, 6.45) is 5.61. The molecule has 0 aliphatic heterocycles. The van der Waals surface area contributed by atoms with E-state index in [4.69, 9.17) is 13.8 Å². The van der Waals surface area contributed by atoms with Crippen molar-refractivity contribution in [2.75, 3.05) is 12.4 Å². The molecule has 0 aliphatic carbocycles. The molecule has 0 spiro atoms. The van der Waals surface area contributed by atoms with Crippen molar-refractivity contribution in [3.05, 3.63) is 0 Å². The van der Waals surface area contributed by atoms with Crippen LogP contribution >= 0.6 is 10.6 Å². The summed E-state index contributed by atoms with van der Waals surface area (Å²) in [6.45, 7) is 2.01. The fraction of sp³-hybridized carbons (Fsp3) is 0.818. The maximum absolute atomic E-state index is 11.2. The minimum Gasteiger partial charge on any atom is -0.464 e. The molecule has 0 saturated heterocycles. The third-order valence-electron chi connectivity index (χ3n) is 2.29. The Balaban J connectivity index is 3.44. The molecule has 17 heavy (non-hydrogen) atoms. The Morgan fingerprint density at radius 1 is 1.24 bits per heavy atom. The second-order valence-corrected chi connectivity index (χ2v) is 5.94. The van der Waals surface area contributed by atoms with Gasteiger partial charge in [0.15, 0.2) is 0 Å². The van der Waals surface area contributed by atoms with E-state index < -0.39 is 10.6 Å². The maximum atomic E-state index is 11.2. The van der Waals surface area contributed by atoms with Gasteiger partial charge in [0, 0.05) is 6.42 Å². The number of ether oxygens (including phenoxy) is 1. The molecular formula is C11H22O5S. The highest BCUT2D eigenvalue weighted by Crippen LogP contribution is 2.33. The van der Waals surface area contributed by atoms with E-state index in [-0.39, 0.29) is 23.9 Å². The summed E-state index contributed by atoms with van der Waals surface area (Å²) in [7, 11) is -3.21. The van der Waals surface area contributed by atoms with Crippen LogP contribution in [0.3, 0.4) is 0 Å². The van der Waals surface area contributed by atoms with Crippen LogP contribution in [0.4, 0.5) is 0 Å². The Hall–Kier alpha value is -0.590. The largest absolute Gasteiger partial charge is 0.464 e. The van der Waals surface area contributed by atoms with Crippen LogP contribution in [0.15, 0.2) is 0 Å². The predicted octanol–water partition coefficient (Wildman–Crippen LogP) is 2.83. The van der Waals surface area contributed by atoms with Gasteiger partial charge in [0.25, 0.3) is 0 Å². The number of rotatable bonds is 10. The molecule has 0 aromatic carbocycles. The van der Waals surface area contributed by atoms with Gasteiger partial charge in [0.2, 0.25) is 5.62 Å². The standard InChI is InChI=1S/C11H22O5S/c1-2-3-4-5-6-7-11(13)16-8-9-17(14,15)10-12/h10,14-15H,2-9H2,1H3. The summed E-state index contributed by atoms with van der Waals surface area (Å²) in [5, 5.41) is 0. The quantitative estimate of drug-likeness (QED) is 0.361. The SMILES string of the molecule is CCCCCCCC(=O)OCCS(O)(O)C=O. The second-order valence-electron chi connectivity index (χ2n) is 3.90. The zero-order valence-electron chi connectivity index (χ0n) is 10.3. The van der Waals surface area contributed by atoms with Gasteiger partial charge in [-0.25, -0.2) is 0 Å². The maximum Gasteiger partial charge on any atom is 0.305 e. The lowest BCUT2D eigenvalue weighted by Gasteiger charge is -2.23. The fourth-order valence-electron chi connectivity index (χ4n) is 1.27. The van der Waals surface area contributed by atoms with Gasteiger partial charge in [-0.1, -0.05) is 32.6 Å². The number of esters is 1. The first kappa shape index (κ1) is 16.4. The molecule has 0 rings (SSSR count). The van der Waals surface area contributed by atoms with Crippen LogP contribution < -0.4 is 0 Å². The van der Waals surface area contributed by atoms with Crippen molar-refractivity contribution < 1.29 is 23.4 Å². The number of unbranched alkanes of at least 4 members (excludes halogenated alkanes) is 4. The Labute approximate surface area is 104 Å². The summed E-state index contributed by atoms with van der Waals surface area (Å²) in [5.41, 5.74) is 0.103. The first-order valence-corrected chi connectivity index (χ1v) is 7.66. The molecule has 0 heterocycles. The van der Waals surface area contributed by atoms with Crippen LogP contribution in [0.25, 0.3) is 0 Å². The molecule has 0 fully saturated rings. The van der Waals surface area contributed by atoms with E-state index in [0.717, 1.165) is 25.7 Å². The van der Waals surface area contributed by atoms with Gasteiger partial charge in [-0.2, -0.15) is 0 Å². The molecular weight excluding hydrogens is 244 g/mol. The number of hydrogen-bond acceptors (Lipinski definition) is 5. The minimum atomic E-state index is -3.21. The van der Waals surface area contributed by atoms with Crippen LogP contribution in [-0.2, 0) is 14.3 Å². The molecule has 0 aromatic heterocycles. The smallest absolute Gasteiger partial charge is 0.305 e. The Kier molecular flexibility index (Phi) is 9.11. The second kappa shape index (κ2) is 9.44. The molecule has 5 nitrogen and oxygen atoms in total. The molecule has 0 bridgehead atoms. The highest BCUT2D eigenvalue weighted by molar-refractivity contribution is 8.35. The van der Waals surface area contributed by atoms with Gasteiger partial charge >= 0.3 is 5.97 Å². The molecule has 0 saturated carbocycles. The minimum absolute atomic E-state index is 0.103. The molecule has 0 unspecified atom stereocenters. The van der Waals surface area contributed by atoms with Gasteiger partial charge in [-0.15, -0.1) is 10.6 Å². The summed E-state index contributed by atoms with van der Waals surface area (Å²) in [4.78, 5) is 21.4. The van der Waals surface area contributed by atoms with E-state index in [1.807, 2.05) is 0 Å². The number of carbonyl (C=O) groups is 2. The van der Waals surface area contributed by atoms with Crippen LogP contribution in [0.1, 0.15) is 45.4 Å². The predicted molar refractivity (Wildman–Crippen MR) is 68.8 cm³/mol. The zero-order valence-corrected chi connectivity index (χ0v) is 11.1. The van der Waals surface area contributed by atoms with Crippen molar-refractivity contribution in [1.82, 2.24) is 0 Å². The van der Waals surface area contributed by atoms with Crippen molar-refractivity contribution in [1.29, 1.82) is 0 Å². The van der Waals surface area contributed by atoms with Crippen LogP contribution in [0.5, 0.6) is 0 Å². The molecule has 0 atom stereocenters. The molecule has 102 valence electrons. The van der Waals surface area contributed by atoms with Gasteiger partial charge in [0.05, 0.1) is 5.75 Å². The fourth-order valence-corrected chi connectivity index (χ4v) is 1.70. The van der Waals surface area contributed by atoms with Crippen LogP contribution in [0, 0.1) is 0 Å². The number of carbonyl (C=O) groups excluding carboxylic acids is 2. The highest BCUT2D eigenvalue weighted by atomic mass is 32.3. The van der Waals surface area contributed by atoms with Crippen molar-refractivity contribution in [3.63, 3.8) is 0 Å². The first-order valence-electron chi connectivity index (χ1n) is 5.88. The summed E-state index contributed by atoms with van der Waals surface area (Å²) in [5.74, 6) is -0.555. The molecule has 6 heteroatoms. The van der Waals surface area contributed by atoms with E-state index in [0.29, 0.717) is 6.42 Å². The molecule has 0 aliphatic rings. The van der Waals surface area contributed by atoms with Crippen LogP contribution in [0.2, 0.25) is 0 Å². The molecule has 0 radical (unpaired) electrons. The third kappa shape index (κ3) is 10.3. The van der Waals surface area contributed by atoms with Crippen LogP contribution in [-0.4, -0.2) is 33.1 Å². The Morgan fingerprint density at radius 2 is 1.88 bits per heavy atom. The van der Waals surface area contributed by atoms with Gasteiger partial charge in [-0.3, -0.25) is 18.7 Å². The first-order chi connectivity index (χ1) is 8.02. The van der Waals surface area contributed by atoms with Crippen molar-refractivity contribution in [3.8, 4) is 0 Å². The average Bonchev–Trinajstić information content (AvgIpc) is 2.28. The van der Waals surface area contributed by atoms with Gasteiger partial charge < -0.3 is 4.74 Å². The summed E-state index contributed by atoms with van der Waals surface area (Å²) < 4.78 is 22.8. The Morgan fingerprint density at radius 3 is 2.47 bits per heavy atom. The molecule has 0 amide bonds. The number of hydrogen-bond donors (Lipinski definition) is 2. The van der Waals surface area contributed by atoms with Gasteiger partial charge in [0.1, 0.15) is 6.61 Å². The summed E-state index contributed by atoms with van der Waals surface area (Å²) in [6, 6.07) is 0. The average molecular weight is 266 g/mol. The topological polar surface area (TPSA) is 83.8 Å². The normalized spacial score (nSPS) is 12.2. The van der Waals surface area contributed by atoms with Crippen molar-refractivity contribution >= 4 is 22.2 Å². The van der Waals surface area contributed by atoms with E-state index in [1.54, 1.807) is 0 Å². The lowest BCUT2D eigenvalue weighted by atomic mass is 10.1. The van der Waals surface area contributed by atoms with E-state index in [2.05, 4.69) is 6.92 Å². The molecule has 0 aromatic rings. The van der Waals surface area contributed by atoms with E-state index >= 15 is 0 Å². The summed E-state index contributed by atoms with van der Waals surface area (Å²) >= 11 is 0. The van der Waals surface area contributed by atoms with E-state index in [1.165, 1.54) is 6.42 Å². The van der Waals surface area contributed by atoms with Crippen molar-refractivity contribution in [2.45, 2.75) is 45.4 Å². The lowest BCUT2D eigenvalue weighted by molar-refractivity contribution is -0.143. The lowest BCUT2D eigenvalue weighted by Crippen LogP contribution is -2.13. The molecule has 2 N–H and O–H groups in total. The van der Waals surface area contributed by atoms with Gasteiger partial charge in [-0.05, 0) is 6.42 Å². The monoisotopic (exact) mass is 266 g/mol. The Bertz CT molecular complexity index is 230. The van der Waals surface area contributed by atoms with Crippen molar-refractivity contribution in [2.24, 2.45) is 0 Å². The zero-order chi connectivity index (χ0) is 13.1. The third-order valence-corrected chi connectivity index (χ3v) is 3.36.